The minimum atomic E-state index is -3.16. The number of aromatic nitrogens is 2. The summed E-state index contributed by atoms with van der Waals surface area (Å²) < 4.78 is 30.3. The Morgan fingerprint density at radius 1 is 1.38 bits per heavy atom. The molecule has 0 amide bonds. The van der Waals surface area contributed by atoms with Crippen molar-refractivity contribution < 1.29 is 12.9 Å². The van der Waals surface area contributed by atoms with Crippen molar-refractivity contribution in [3.8, 4) is 0 Å². The number of anilines is 1. The lowest BCUT2D eigenvalue weighted by atomic mass is 9.99. The standard InChI is InChI=1S/C16H20N4O3S/c1-24(21,22)20-8-7-13-12(10-20)3-2-4-14(13)17-9-15-18-16(23-19-15)11-5-6-11/h2-4,11,17H,5-10H2,1H3. The van der Waals surface area contributed by atoms with Gasteiger partial charge in [0.15, 0.2) is 5.82 Å². The minimum absolute atomic E-state index is 0.428. The van der Waals surface area contributed by atoms with E-state index in [0.717, 1.165) is 30.0 Å². The fourth-order valence-corrected chi connectivity index (χ4v) is 3.84. The summed E-state index contributed by atoms with van der Waals surface area (Å²) in [6.07, 6.45) is 4.23. The second kappa shape index (κ2) is 5.86. The van der Waals surface area contributed by atoms with E-state index in [1.807, 2.05) is 18.2 Å². The monoisotopic (exact) mass is 348 g/mol. The van der Waals surface area contributed by atoms with E-state index in [-0.39, 0.29) is 0 Å². The average Bonchev–Trinajstić information content (AvgIpc) is 3.30. The number of benzene rings is 1. The number of hydrogen-bond acceptors (Lipinski definition) is 6. The fourth-order valence-electron chi connectivity index (χ4n) is 3.04. The Kier molecular flexibility index (Phi) is 3.80. The molecular weight excluding hydrogens is 328 g/mol. The maximum atomic E-state index is 11.7. The first-order chi connectivity index (χ1) is 11.5. The van der Waals surface area contributed by atoms with E-state index in [2.05, 4.69) is 15.5 Å². The molecule has 4 rings (SSSR count). The number of nitrogens with one attached hydrogen (secondary N) is 1. The van der Waals surface area contributed by atoms with Crippen molar-refractivity contribution in [3.63, 3.8) is 0 Å². The summed E-state index contributed by atoms with van der Waals surface area (Å²) in [5, 5.41) is 7.38. The molecule has 0 atom stereocenters. The van der Waals surface area contributed by atoms with Crippen molar-refractivity contribution in [3.05, 3.63) is 41.0 Å². The van der Waals surface area contributed by atoms with Crippen molar-refractivity contribution in [2.75, 3.05) is 18.1 Å². The molecule has 1 fully saturated rings. The van der Waals surface area contributed by atoms with Crippen molar-refractivity contribution in [1.82, 2.24) is 14.4 Å². The van der Waals surface area contributed by atoms with Crippen LogP contribution in [0.3, 0.4) is 0 Å². The molecule has 128 valence electrons. The van der Waals surface area contributed by atoms with Gasteiger partial charge in [0.2, 0.25) is 15.9 Å². The molecule has 1 N–H and O–H groups in total. The van der Waals surface area contributed by atoms with Gasteiger partial charge in [0.05, 0.1) is 12.8 Å². The zero-order valence-corrected chi connectivity index (χ0v) is 14.3. The third kappa shape index (κ3) is 3.16. The van der Waals surface area contributed by atoms with Gasteiger partial charge in [-0.3, -0.25) is 0 Å². The third-order valence-electron chi connectivity index (χ3n) is 4.55. The summed E-state index contributed by atoms with van der Waals surface area (Å²) in [4.78, 5) is 4.42. The van der Waals surface area contributed by atoms with Gasteiger partial charge >= 0.3 is 0 Å². The van der Waals surface area contributed by atoms with Crippen molar-refractivity contribution in [2.24, 2.45) is 0 Å². The Labute approximate surface area is 141 Å². The molecule has 1 aliphatic heterocycles. The molecule has 2 aliphatic rings. The molecule has 7 nitrogen and oxygen atoms in total. The molecule has 1 aromatic carbocycles. The summed E-state index contributed by atoms with van der Waals surface area (Å²) in [5.74, 6) is 1.85. The highest BCUT2D eigenvalue weighted by Crippen LogP contribution is 2.38. The van der Waals surface area contributed by atoms with Crippen molar-refractivity contribution >= 4 is 15.7 Å². The molecule has 2 aromatic rings. The van der Waals surface area contributed by atoms with Gasteiger partial charge in [0, 0.05) is 24.7 Å². The predicted octanol–water partition coefficient (Wildman–Crippen LogP) is 1.88. The number of hydrogen-bond donors (Lipinski definition) is 1. The summed E-state index contributed by atoms with van der Waals surface area (Å²) in [6, 6.07) is 5.94. The second-order valence-corrected chi connectivity index (χ2v) is 8.45. The largest absolute Gasteiger partial charge is 0.377 e. The fraction of sp³-hybridized carbons (Fsp3) is 0.500. The zero-order chi connectivity index (χ0) is 16.7. The van der Waals surface area contributed by atoms with Crippen LogP contribution in [-0.2, 0) is 29.5 Å². The average molecular weight is 348 g/mol. The topological polar surface area (TPSA) is 88.3 Å². The quantitative estimate of drug-likeness (QED) is 0.887. The van der Waals surface area contributed by atoms with Crippen molar-refractivity contribution in [1.29, 1.82) is 0 Å². The molecule has 0 bridgehead atoms. The van der Waals surface area contributed by atoms with Gasteiger partial charge < -0.3 is 9.84 Å². The van der Waals surface area contributed by atoms with Crippen LogP contribution in [0.15, 0.2) is 22.7 Å². The molecule has 0 saturated heterocycles. The molecule has 0 spiro atoms. The lowest BCUT2D eigenvalue weighted by Crippen LogP contribution is -2.35. The zero-order valence-electron chi connectivity index (χ0n) is 13.5. The normalized spacial score (nSPS) is 18.4. The molecule has 0 radical (unpaired) electrons. The molecule has 0 unspecified atom stereocenters. The lowest BCUT2D eigenvalue weighted by Gasteiger charge is -2.28. The van der Waals surface area contributed by atoms with E-state index >= 15 is 0 Å². The first-order valence-corrected chi connectivity index (χ1v) is 9.98. The van der Waals surface area contributed by atoms with Gasteiger partial charge in [-0.05, 0) is 36.5 Å². The number of sulfonamides is 1. The molecule has 1 aliphatic carbocycles. The van der Waals surface area contributed by atoms with E-state index < -0.39 is 10.0 Å². The first kappa shape index (κ1) is 15.6. The smallest absolute Gasteiger partial charge is 0.229 e. The number of nitrogens with zero attached hydrogens (tertiary/aromatic N) is 3. The summed E-state index contributed by atoms with van der Waals surface area (Å²) in [5.41, 5.74) is 3.23. The lowest BCUT2D eigenvalue weighted by molar-refractivity contribution is 0.374. The van der Waals surface area contributed by atoms with Gasteiger partial charge in [0.1, 0.15) is 0 Å². The Balaban J connectivity index is 1.48. The van der Waals surface area contributed by atoms with Gasteiger partial charge in [0.25, 0.3) is 0 Å². The summed E-state index contributed by atoms with van der Waals surface area (Å²) in [7, 11) is -3.16. The van der Waals surface area contributed by atoms with Crippen LogP contribution in [0, 0.1) is 0 Å². The van der Waals surface area contributed by atoms with E-state index in [9.17, 15) is 8.42 Å². The maximum absolute atomic E-state index is 11.7. The maximum Gasteiger partial charge on any atom is 0.229 e. The summed E-state index contributed by atoms with van der Waals surface area (Å²) >= 11 is 0. The highest BCUT2D eigenvalue weighted by molar-refractivity contribution is 7.88. The molecule has 8 heteroatoms. The van der Waals surface area contributed by atoms with E-state index in [1.54, 1.807) is 0 Å². The van der Waals surface area contributed by atoms with Crippen LogP contribution in [0.5, 0.6) is 0 Å². The summed E-state index contributed by atoms with van der Waals surface area (Å²) in [6.45, 7) is 1.44. The first-order valence-electron chi connectivity index (χ1n) is 8.13. The molecule has 1 saturated carbocycles. The molecule has 1 aromatic heterocycles. The Morgan fingerprint density at radius 2 is 2.21 bits per heavy atom. The van der Waals surface area contributed by atoms with Gasteiger partial charge in [-0.2, -0.15) is 9.29 Å². The van der Waals surface area contributed by atoms with Crippen LogP contribution in [0.25, 0.3) is 0 Å². The van der Waals surface area contributed by atoms with Gasteiger partial charge in [-0.15, -0.1) is 0 Å². The van der Waals surface area contributed by atoms with Gasteiger partial charge in [-0.25, -0.2) is 8.42 Å². The van der Waals surface area contributed by atoms with Crippen LogP contribution in [0.1, 0.15) is 41.6 Å². The Morgan fingerprint density at radius 3 is 2.96 bits per heavy atom. The van der Waals surface area contributed by atoms with E-state index in [4.69, 9.17) is 4.52 Å². The highest BCUT2D eigenvalue weighted by atomic mass is 32.2. The van der Waals surface area contributed by atoms with Crippen LogP contribution < -0.4 is 5.32 Å². The van der Waals surface area contributed by atoms with Crippen LogP contribution in [0.4, 0.5) is 5.69 Å². The third-order valence-corrected chi connectivity index (χ3v) is 5.80. The SMILES string of the molecule is CS(=O)(=O)N1CCc2c(cccc2NCc2noc(C3CC3)n2)C1. The van der Waals surface area contributed by atoms with E-state index in [1.165, 1.54) is 16.1 Å². The number of fused-ring (bicyclic) bond motifs is 1. The highest BCUT2D eigenvalue weighted by Gasteiger charge is 2.29. The van der Waals surface area contributed by atoms with Crippen LogP contribution >= 0.6 is 0 Å². The van der Waals surface area contributed by atoms with Crippen molar-refractivity contribution in [2.45, 2.75) is 38.3 Å². The Bertz CT molecular complexity index is 858. The predicted molar refractivity (Wildman–Crippen MR) is 89.0 cm³/mol. The molecule has 2 heterocycles. The molecular formula is C16H20N4O3S. The van der Waals surface area contributed by atoms with Crippen LogP contribution in [-0.4, -0.2) is 35.7 Å². The Hall–Kier alpha value is -1.93. The molecule has 24 heavy (non-hydrogen) atoms. The minimum Gasteiger partial charge on any atom is -0.377 e. The van der Waals surface area contributed by atoms with Gasteiger partial charge in [-0.1, -0.05) is 17.3 Å². The number of rotatable bonds is 5. The van der Waals surface area contributed by atoms with Crippen LogP contribution in [0.2, 0.25) is 0 Å². The second-order valence-electron chi connectivity index (χ2n) is 6.47. The van der Waals surface area contributed by atoms with E-state index in [0.29, 0.717) is 37.8 Å².